The number of hydrogen-bond donors (Lipinski definition) is 1. The Labute approximate surface area is 109 Å². The average molecular weight is 259 g/mol. The third-order valence-electron chi connectivity index (χ3n) is 1.96. The van der Waals surface area contributed by atoms with Crippen LogP contribution in [0, 0.1) is 5.92 Å². The first kappa shape index (κ1) is 16.7. The molecule has 0 aromatic carbocycles. The maximum atomic E-state index is 11.6. The quantitative estimate of drug-likeness (QED) is 0.770. The molecule has 5 heteroatoms. The lowest BCUT2D eigenvalue weighted by molar-refractivity contribution is -0.141. The summed E-state index contributed by atoms with van der Waals surface area (Å²) in [7, 11) is 0. The maximum Gasteiger partial charge on any atom is 0.407 e. The third kappa shape index (κ3) is 9.93. The van der Waals surface area contributed by atoms with Gasteiger partial charge < -0.3 is 14.8 Å². The summed E-state index contributed by atoms with van der Waals surface area (Å²) in [5.74, 6) is 0.0373. The Kier molecular flexibility index (Phi) is 6.73. The minimum atomic E-state index is -0.534. The van der Waals surface area contributed by atoms with Crippen molar-refractivity contribution in [3.05, 3.63) is 0 Å². The molecule has 1 atom stereocenters. The standard InChI is InChI=1S/C13H25NO4/c1-9(2)7-11(8-17-10(3)15)14-12(16)18-13(4,5)6/h9,11H,7-8H2,1-6H3,(H,14,16). The van der Waals surface area contributed by atoms with Gasteiger partial charge in [0.25, 0.3) is 0 Å². The van der Waals surface area contributed by atoms with Crippen LogP contribution in [0.1, 0.15) is 48.0 Å². The Hall–Kier alpha value is -1.26. The number of alkyl carbamates (subject to hydrolysis) is 1. The van der Waals surface area contributed by atoms with E-state index in [0.29, 0.717) is 5.92 Å². The highest BCUT2D eigenvalue weighted by Gasteiger charge is 2.20. The first-order chi connectivity index (χ1) is 8.10. The molecule has 18 heavy (non-hydrogen) atoms. The van der Waals surface area contributed by atoms with E-state index in [0.717, 1.165) is 6.42 Å². The smallest absolute Gasteiger partial charge is 0.407 e. The Bertz CT molecular complexity index is 281. The van der Waals surface area contributed by atoms with Gasteiger partial charge in [0.1, 0.15) is 12.2 Å². The van der Waals surface area contributed by atoms with E-state index in [9.17, 15) is 9.59 Å². The fraction of sp³-hybridized carbons (Fsp3) is 0.846. The highest BCUT2D eigenvalue weighted by atomic mass is 16.6. The van der Waals surface area contributed by atoms with Crippen molar-refractivity contribution in [2.45, 2.75) is 59.6 Å². The van der Waals surface area contributed by atoms with E-state index < -0.39 is 11.7 Å². The minimum absolute atomic E-state index is 0.173. The Balaban J connectivity index is 4.30. The largest absolute Gasteiger partial charge is 0.464 e. The molecule has 106 valence electrons. The Morgan fingerprint density at radius 2 is 1.78 bits per heavy atom. The van der Waals surface area contributed by atoms with E-state index in [2.05, 4.69) is 5.32 Å². The molecule has 0 bridgehead atoms. The second kappa shape index (κ2) is 7.24. The molecule has 1 unspecified atom stereocenters. The van der Waals surface area contributed by atoms with Crippen molar-refractivity contribution in [3.63, 3.8) is 0 Å². The zero-order valence-corrected chi connectivity index (χ0v) is 12.2. The van der Waals surface area contributed by atoms with Crippen LogP contribution in [0.2, 0.25) is 0 Å². The van der Waals surface area contributed by atoms with Crippen LogP contribution >= 0.6 is 0 Å². The molecule has 0 aliphatic rings. The summed E-state index contributed by atoms with van der Waals surface area (Å²) in [6.07, 6.45) is 0.243. The van der Waals surface area contributed by atoms with Gasteiger partial charge in [-0.15, -0.1) is 0 Å². The van der Waals surface area contributed by atoms with Gasteiger partial charge in [-0.25, -0.2) is 4.79 Å². The highest BCUT2D eigenvalue weighted by molar-refractivity contribution is 5.68. The number of hydrogen-bond acceptors (Lipinski definition) is 4. The first-order valence-electron chi connectivity index (χ1n) is 6.23. The van der Waals surface area contributed by atoms with Gasteiger partial charge in [0.2, 0.25) is 0 Å². The molecular formula is C13H25NO4. The topological polar surface area (TPSA) is 64.6 Å². The van der Waals surface area contributed by atoms with E-state index in [1.165, 1.54) is 6.92 Å². The fourth-order valence-corrected chi connectivity index (χ4v) is 1.43. The van der Waals surface area contributed by atoms with Gasteiger partial charge in [-0.05, 0) is 33.1 Å². The number of carbonyl (C=O) groups is 2. The van der Waals surface area contributed by atoms with Crippen molar-refractivity contribution >= 4 is 12.1 Å². The second-order valence-corrected chi connectivity index (χ2v) is 5.78. The van der Waals surface area contributed by atoms with Crippen LogP contribution in [0.5, 0.6) is 0 Å². The summed E-state index contributed by atoms with van der Waals surface area (Å²) in [6, 6.07) is -0.219. The molecule has 0 spiro atoms. The Morgan fingerprint density at radius 3 is 2.17 bits per heavy atom. The number of amides is 1. The molecule has 1 N–H and O–H groups in total. The summed E-state index contributed by atoms with van der Waals surface area (Å²) < 4.78 is 10.1. The summed E-state index contributed by atoms with van der Waals surface area (Å²) >= 11 is 0. The molecule has 0 heterocycles. The number of nitrogens with one attached hydrogen (secondary N) is 1. The Morgan fingerprint density at radius 1 is 1.22 bits per heavy atom. The molecule has 0 saturated heterocycles. The van der Waals surface area contributed by atoms with Crippen LogP contribution in [0.3, 0.4) is 0 Å². The number of carbonyl (C=O) groups excluding carboxylic acids is 2. The molecule has 0 fully saturated rings. The monoisotopic (exact) mass is 259 g/mol. The zero-order valence-electron chi connectivity index (χ0n) is 12.2. The lowest BCUT2D eigenvalue weighted by atomic mass is 10.0. The summed E-state index contributed by atoms with van der Waals surface area (Å²) in [5.41, 5.74) is -0.534. The molecule has 0 aromatic rings. The first-order valence-corrected chi connectivity index (χ1v) is 6.23. The van der Waals surface area contributed by atoms with Crippen LogP contribution in [-0.2, 0) is 14.3 Å². The summed E-state index contributed by atoms with van der Waals surface area (Å²) in [5, 5.41) is 2.72. The van der Waals surface area contributed by atoms with Crippen LogP contribution in [0.25, 0.3) is 0 Å². The predicted octanol–water partition coefficient (Wildman–Crippen LogP) is 2.49. The molecule has 0 aliphatic heterocycles. The lowest BCUT2D eigenvalue weighted by Gasteiger charge is -2.24. The highest BCUT2D eigenvalue weighted by Crippen LogP contribution is 2.09. The SMILES string of the molecule is CC(=O)OCC(CC(C)C)NC(=O)OC(C)(C)C. The summed E-state index contributed by atoms with van der Waals surface area (Å²) in [4.78, 5) is 22.4. The van der Waals surface area contributed by atoms with Crippen LogP contribution in [0.15, 0.2) is 0 Å². The number of esters is 1. The van der Waals surface area contributed by atoms with Crippen LogP contribution < -0.4 is 5.32 Å². The zero-order chi connectivity index (χ0) is 14.3. The average Bonchev–Trinajstić information content (AvgIpc) is 2.09. The van der Waals surface area contributed by atoms with Crippen molar-refractivity contribution in [2.75, 3.05) is 6.61 Å². The maximum absolute atomic E-state index is 11.6. The summed E-state index contributed by atoms with van der Waals surface area (Å²) in [6.45, 7) is 11.0. The van der Waals surface area contributed by atoms with E-state index in [-0.39, 0.29) is 18.6 Å². The van der Waals surface area contributed by atoms with Gasteiger partial charge in [-0.2, -0.15) is 0 Å². The van der Waals surface area contributed by atoms with Crippen LogP contribution in [-0.4, -0.2) is 30.3 Å². The number of rotatable bonds is 5. The molecule has 0 saturated carbocycles. The van der Waals surface area contributed by atoms with Gasteiger partial charge in [-0.3, -0.25) is 4.79 Å². The predicted molar refractivity (Wildman–Crippen MR) is 69.2 cm³/mol. The van der Waals surface area contributed by atoms with E-state index in [1.807, 2.05) is 13.8 Å². The molecular weight excluding hydrogens is 234 g/mol. The molecule has 0 rings (SSSR count). The van der Waals surface area contributed by atoms with Crippen molar-refractivity contribution in [3.8, 4) is 0 Å². The van der Waals surface area contributed by atoms with Crippen molar-refractivity contribution in [1.29, 1.82) is 0 Å². The van der Waals surface area contributed by atoms with Gasteiger partial charge in [-0.1, -0.05) is 13.8 Å². The lowest BCUT2D eigenvalue weighted by Crippen LogP contribution is -2.42. The molecule has 0 aromatic heterocycles. The van der Waals surface area contributed by atoms with E-state index in [1.54, 1.807) is 20.8 Å². The minimum Gasteiger partial charge on any atom is -0.464 e. The second-order valence-electron chi connectivity index (χ2n) is 5.78. The van der Waals surface area contributed by atoms with Crippen molar-refractivity contribution in [1.82, 2.24) is 5.32 Å². The normalized spacial score (nSPS) is 13.1. The van der Waals surface area contributed by atoms with Gasteiger partial charge >= 0.3 is 12.1 Å². The third-order valence-corrected chi connectivity index (χ3v) is 1.96. The molecule has 0 radical (unpaired) electrons. The molecule has 1 amide bonds. The van der Waals surface area contributed by atoms with E-state index >= 15 is 0 Å². The fourth-order valence-electron chi connectivity index (χ4n) is 1.43. The van der Waals surface area contributed by atoms with E-state index in [4.69, 9.17) is 9.47 Å². The van der Waals surface area contributed by atoms with Gasteiger partial charge in [0, 0.05) is 6.92 Å². The van der Waals surface area contributed by atoms with Gasteiger partial charge in [0.15, 0.2) is 0 Å². The molecule has 0 aliphatic carbocycles. The van der Waals surface area contributed by atoms with Crippen molar-refractivity contribution in [2.24, 2.45) is 5.92 Å². The number of ether oxygens (including phenoxy) is 2. The molecule has 5 nitrogen and oxygen atoms in total. The van der Waals surface area contributed by atoms with Gasteiger partial charge in [0.05, 0.1) is 6.04 Å². The van der Waals surface area contributed by atoms with Crippen LogP contribution in [0.4, 0.5) is 4.79 Å². The van der Waals surface area contributed by atoms with Crippen molar-refractivity contribution < 1.29 is 19.1 Å².